The Morgan fingerprint density at radius 3 is 3.07 bits per heavy atom. The van der Waals surface area contributed by atoms with Gasteiger partial charge in [-0.1, -0.05) is 25.1 Å². The summed E-state index contributed by atoms with van der Waals surface area (Å²) in [7, 11) is 0. The molecule has 0 bridgehead atoms. The van der Waals surface area contributed by atoms with Gasteiger partial charge < -0.3 is 9.64 Å². The SMILES string of the molecule is CCC(=N)N1CCOc2ccccc2C1. The van der Waals surface area contributed by atoms with Crippen LogP contribution >= 0.6 is 0 Å². The lowest BCUT2D eigenvalue weighted by atomic mass is 10.2. The first-order chi connectivity index (χ1) is 7.31. The van der Waals surface area contributed by atoms with Crippen molar-refractivity contribution >= 4 is 5.84 Å². The van der Waals surface area contributed by atoms with Crippen LogP contribution in [0.3, 0.4) is 0 Å². The van der Waals surface area contributed by atoms with E-state index in [4.69, 9.17) is 10.1 Å². The smallest absolute Gasteiger partial charge is 0.124 e. The third kappa shape index (κ3) is 2.12. The minimum Gasteiger partial charge on any atom is -0.491 e. The minimum atomic E-state index is 0.666. The molecule has 0 aliphatic carbocycles. The number of benzene rings is 1. The Bertz CT molecular complexity index is 362. The number of nitrogens with one attached hydrogen (secondary N) is 1. The fourth-order valence-corrected chi connectivity index (χ4v) is 1.78. The van der Waals surface area contributed by atoms with Crippen LogP contribution in [0.4, 0.5) is 0 Å². The number of ether oxygens (including phenoxy) is 1. The lowest BCUT2D eigenvalue weighted by Gasteiger charge is -2.21. The van der Waals surface area contributed by atoms with E-state index in [2.05, 4.69) is 11.0 Å². The van der Waals surface area contributed by atoms with Gasteiger partial charge in [-0.05, 0) is 6.07 Å². The Balaban J connectivity index is 2.21. The maximum absolute atomic E-state index is 7.84. The largest absolute Gasteiger partial charge is 0.491 e. The molecular weight excluding hydrogens is 188 g/mol. The second-order valence-corrected chi connectivity index (χ2v) is 3.68. The van der Waals surface area contributed by atoms with Gasteiger partial charge in [0.05, 0.1) is 12.4 Å². The third-order valence-corrected chi connectivity index (χ3v) is 2.67. The quantitative estimate of drug-likeness (QED) is 0.562. The van der Waals surface area contributed by atoms with Crippen molar-refractivity contribution in [1.82, 2.24) is 4.90 Å². The summed E-state index contributed by atoms with van der Waals surface area (Å²) in [5, 5.41) is 7.84. The van der Waals surface area contributed by atoms with Crippen molar-refractivity contribution in [3.63, 3.8) is 0 Å². The topological polar surface area (TPSA) is 36.3 Å². The van der Waals surface area contributed by atoms with Crippen LogP contribution in [0, 0.1) is 5.41 Å². The summed E-state index contributed by atoms with van der Waals surface area (Å²) in [5.74, 6) is 1.65. The molecule has 80 valence electrons. The second-order valence-electron chi connectivity index (χ2n) is 3.68. The van der Waals surface area contributed by atoms with Gasteiger partial charge in [-0.15, -0.1) is 0 Å². The van der Waals surface area contributed by atoms with Gasteiger partial charge in [-0.25, -0.2) is 0 Å². The second kappa shape index (κ2) is 4.34. The number of nitrogens with zero attached hydrogens (tertiary/aromatic N) is 1. The zero-order valence-corrected chi connectivity index (χ0v) is 8.99. The molecule has 15 heavy (non-hydrogen) atoms. The number of fused-ring (bicyclic) bond motifs is 1. The van der Waals surface area contributed by atoms with Crippen LogP contribution in [0.5, 0.6) is 5.75 Å². The third-order valence-electron chi connectivity index (χ3n) is 2.67. The van der Waals surface area contributed by atoms with Crippen LogP contribution in [0.1, 0.15) is 18.9 Å². The normalized spacial score (nSPS) is 15.1. The fraction of sp³-hybridized carbons (Fsp3) is 0.417. The summed E-state index contributed by atoms with van der Waals surface area (Å²) >= 11 is 0. The molecule has 0 unspecified atom stereocenters. The molecule has 1 aromatic carbocycles. The van der Waals surface area contributed by atoms with E-state index >= 15 is 0 Å². The van der Waals surface area contributed by atoms with E-state index in [9.17, 15) is 0 Å². The minimum absolute atomic E-state index is 0.666. The molecule has 1 heterocycles. The van der Waals surface area contributed by atoms with Crippen LogP contribution in [-0.4, -0.2) is 23.9 Å². The molecule has 1 aromatic rings. The van der Waals surface area contributed by atoms with E-state index < -0.39 is 0 Å². The first-order valence-electron chi connectivity index (χ1n) is 5.34. The monoisotopic (exact) mass is 204 g/mol. The Kier molecular flexibility index (Phi) is 2.90. The molecule has 1 aliphatic rings. The number of para-hydroxylation sites is 1. The molecule has 0 radical (unpaired) electrons. The molecule has 0 saturated carbocycles. The number of hydrogen-bond acceptors (Lipinski definition) is 2. The average Bonchev–Trinajstić information content (AvgIpc) is 2.49. The van der Waals surface area contributed by atoms with Gasteiger partial charge in [0.15, 0.2) is 0 Å². The molecule has 0 spiro atoms. The van der Waals surface area contributed by atoms with E-state index in [-0.39, 0.29) is 0 Å². The molecule has 0 atom stereocenters. The fourth-order valence-electron chi connectivity index (χ4n) is 1.78. The van der Waals surface area contributed by atoms with E-state index in [1.165, 1.54) is 5.56 Å². The first kappa shape index (κ1) is 10.0. The summed E-state index contributed by atoms with van der Waals surface area (Å²) in [6.45, 7) is 4.28. The number of rotatable bonds is 1. The van der Waals surface area contributed by atoms with Gasteiger partial charge >= 0.3 is 0 Å². The molecular formula is C12H16N2O. The van der Waals surface area contributed by atoms with Gasteiger partial charge in [0.25, 0.3) is 0 Å². The van der Waals surface area contributed by atoms with Gasteiger partial charge in [0.2, 0.25) is 0 Å². The van der Waals surface area contributed by atoms with Crippen LogP contribution in [-0.2, 0) is 6.54 Å². The van der Waals surface area contributed by atoms with Crippen molar-refractivity contribution < 1.29 is 4.74 Å². The summed E-state index contributed by atoms with van der Waals surface area (Å²) < 4.78 is 5.64. The van der Waals surface area contributed by atoms with Gasteiger partial charge in [-0.3, -0.25) is 5.41 Å². The number of hydrogen-bond donors (Lipinski definition) is 1. The van der Waals surface area contributed by atoms with E-state index in [1.54, 1.807) is 0 Å². The van der Waals surface area contributed by atoms with Crippen molar-refractivity contribution in [2.75, 3.05) is 13.2 Å². The molecule has 3 heteroatoms. The van der Waals surface area contributed by atoms with Crippen molar-refractivity contribution in [2.24, 2.45) is 0 Å². The summed E-state index contributed by atoms with van der Waals surface area (Å²) in [5.41, 5.74) is 1.17. The van der Waals surface area contributed by atoms with Crippen LogP contribution < -0.4 is 4.74 Å². The molecule has 0 amide bonds. The highest BCUT2D eigenvalue weighted by atomic mass is 16.5. The highest BCUT2D eigenvalue weighted by Crippen LogP contribution is 2.22. The van der Waals surface area contributed by atoms with Gasteiger partial charge in [0.1, 0.15) is 12.4 Å². The highest BCUT2D eigenvalue weighted by Gasteiger charge is 2.15. The van der Waals surface area contributed by atoms with Crippen molar-refractivity contribution in [2.45, 2.75) is 19.9 Å². The van der Waals surface area contributed by atoms with Crippen molar-refractivity contribution in [3.8, 4) is 5.75 Å². The van der Waals surface area contributed by atoms with Crippen LogP contribution in [0.15, 0.2) is 24.3 Å². The average molecular weight is 204 g/mol. The Morgan fingerprint density at radius 1 is 1.47 bits per heavy atom. The zero-order chi connectivity index (χ0) is 10.7. The first-order valence-corrected chi connectivity index (χ1v) is 5.34. The highest BCUT2D eigenvalue weighted by molar-refractivity contribution is 5.78. The van der Waals surface area contributed by atoms with E-state index in [0.717, 1.165) is 25.3 Å². The van der Waals surface area contributed by atoms with E-state index in [1.807, 2.05) is 25.1 Å². The Labute approximate surface area is 90.2 Å². The summed E-state index contributed by atoms with van der Waals surface area (Å²) in [6, 6.07) is 8.06. The van der Waals surface area contributed by atoms with Crippen LogP contribution in [0.2, 0.25) is 0 Å². The van der Waals surface area contributed by atoms with Crippen molar-refractivity contribution in [3.05, 3.63) is 29.8 Å². The lowest BCUT2D eigenvalue weighted by molar-refractivity contribution is 0.287. The standard InChI is InChI=1S/C12H16N2O/c1-2-12(13)14-7-8-15-11-6-4-3-5-10(11)9-14/h3-6,13H,2,7-9H2,1H3. The maximum atomic E-state index is 7.84. The maximum Gasteiger partial charge on any atom is 0.124 e. The zero-order valence-electron chi connectivity index (χ0n) is 8.99. The Hall–Kier alpha value is -1.51. The van der Waals surface area contributed by atoms with Crippen molar-refractivity contribution in [1.29, 1.82) is 5.41 Å². The van der Waals surface area contributed by atoms with Crippen LogP contribution in [0.25, 0.3) is 0 Å². The molecule has 1 aliphatic heterocycles. The molecule has 0 aromatic heterocycles. The molecule has 3 nitrogen and oxygen atoms in total. The van der Waals surface area contributed by atoms with Gasteiger partial charge in [-0.2, -0.15) is 0 Å². The van der Waals surface area contributed by atoms with Gasteiger partial charge in [0, 0.05) is 18.5 Å². The lowest BCUT2D eigenvalue weighted by Crippen LogP contribution is -2.31. The molecule has 0 fully saturated rings. The molecule has 2 rings (SSSR count). The Morgan fingerprint density at radius 2 is 2.27 bits per heavy atom. The summed E-state index contributed by atoms with van der Waals surface area (Å²) in [6.07, 6.45) is 0.780. The molecule has 0 saturated heterocycles. The summed E-state index contributed by atoms with van der Waals surface area (Å²) in [4.78, 5) is 2.08. The predicted octanol–water partition coefficient (Wildman–Crippen LogP) is 2.27. The molecule has 1 N–H and O–H groups in total. The predicted molar refractivity (Wildman–Crippen MR) is 60.4 cm³/mol. The van der Waals surface area contributed by atoms with E-state index in [0.29, 0.717) is 12.4 Å². The number of amidine groups is 1.